The van der Waals surface area contributed by atoms with Gasteiger partial charge in [0, 0.05) is 18.8 Å². The number of hydrogen-bond donors (Lipinski definition) is 1. The zero-order valence-corrected chi connectivity index (χ0v) is 86.7. The molecule has 10 aromatic carbocycles. The quantitative estimate of drug-likeness (QED) is 0.0983. The summed E-state index contributed by atoms with van der Waals surface area (Å²) in [7, 11) is 8.02. The summed E-state index contributed by atoms with van der Waals surface area (Å²) in [5, 5.41) is 8.68. The Kier molecular flexibility index (Phi) is 47.3. The Bertz CT molecular complexity index is 4920. The van der Waals surface area contributed by atoms with Gasteiger partial charge in [0.25, 0.3) is 0 Å². The largest absolute Gasteiger partial charge is 0.573 e. The van der Waals surface area contributed by atoms with Crippen LogP contribution in [0.5, 0.6) is 51.7 Å². The fraction of sp³-hybridized carbons (Fsp3) is 0.470. The summed E-state index contributed by atoms with van der Waals surface area (Å²) < 4.78 is 131. The van der Waals surface area contributed by atoms with E-state index in [0.29, 0.717) is 59.0 Å². The second kappa shape index (κ2) is 54.1. The highest BCUT2D eigenvalue weighted by molar-refractivity contribution is 5.87. The van der Waals surface area contributed by atoms with Crippen molar-refractivity contribution in [3.63, 3.8) is 0 Å². The number of alkyl halides is 6. The lowest BCUT2D eigenvalue weighted by atomic mass is 9.86. The number of ether oxygens (including phenoxy) is 9. The average molecular weight is 1860 g/mol. The number of methoxy groups -OCH3 is 5. The highest BCUT2D eigenvalue weighted by atomic mass is 19.4. The van der Waals surface area contributed by atoms with E-state index < -0.39 is 24.1 Å². The third kappa shape index (κ3) is 42.8. The summed E-state index contributed by atoms with van der Waals surface area (Å²) in [4.78, 5) is 13.1. The lowest BCUT2D eigenvalue weighted by Crippen LogP contribution is -2.29. The summed E-state index contributed by atoms with van der Waals surface area (Å²) >= 11 is 0. The Morgan fingerprint density at radius 3 is 1.15 bits per heavy atom. The van der Waals surface area contributed by atoms with Crippen LogP contribution in [0.15, 0.2) is 218 Å². The topological polar surface area (TPSA) is 124 Å². The van der Waals surface area contributed by atoms with Crippen LogP contribution in [0.3, 0.4) is 0 Å². The number of benzene rings is 10. The SMILES string of the molecule is CC(C)(C)c1ccc(C(=O)O)cc1.CC(C)(C)c1ccc(C(F)(F)F)cc1.CC(C)(C)c1ccc(N2CCCCC2)cc1.CC(C)(C)c1cccc(OC(F)(F)F)c1.CC(C)Oc1ccc(C(C)C)cc1.CC(C)c1ccc2c(c1)OCO2.CCc1cccc(C(C)(C)C)c1.COc1cc(C(C)C)cc(OC)c1OC.COc1ccc(C(C)C)cc1F.COc1cccc(C(C)(C)C)c1. The van der Waals surface area contributed by atoms with E-state index in [9.17, 15) is 35.5 Å². The molecule has 0 aliphatic carbocycles. The number of carboxylic acid groups (broad SMARTS) is 1. The first-order chi connectivity index (χ1) is 62.1. The molecule has 19 heteroatoms. The van der Waals surface area contributed by atoms with E-state index in [0.717, 1.165) is 63.8 Å². The molecular weight excluding hydrogens is 1700 g/mol. The Balaban J connectivity index is 0.000000384. The van der Waals surface area contributed by atoms with Crippen molar-refractivity contribution in [3.05, 3.63) is 297 Å². The standard InChI is InChI=1S/C15H23N.C12H18O3.C12H18O.C12H18.C11H13F3O.C11H13F3.C11H14O2.C11H16O.C10H13FO.C10H12O2/c1-15(2,3)13-7-9-14(10-8-13)16-11-5-4-6-12-16;1-8(2)9-6-10(13-3)12(15-5)11(7-9)14-4;1-9(2)11-5-7-12(8-6-11)13-10(3)4;1-5-10-7-6-8-11(9-10)12(2,3)4;1-10(2,3)8-5-4-6-9(7-8)15-11(12,13)14;1-10(2,3)8-4-6-9(7-5-8)11(12,13)14;1-11(2,3)9-6-4-8(5-7-9)10(12)13;1-11(2,3)9-6-5-7-10(8-9)12-4;1-7(2)8-4-5-10(12-3)9(11)6-8;1-7(2)8-3-4-9-10(5-8)12-6-11-9/h7-10H,4-6,11-12H2,1-3H3;6-8H,1-5H3;5-10H,1-4H3;6-9H,5H2,1-4H3;4-7H,1-3H3;4-7H,1-3H3;4-7H,1-3H3,(H,12,13);5-8H,1-4H3;4-7H,1-3H3;3-5,7H,6H2,1-2H3. The van der Waals surface area contributed by atoms with E-state index in [-0.39, 0.29) is 50.2 Å². The maximum atomic E-state index is 13.1. The number of piperidine rings is 1. The number of hydrogen-bond acceptors (Lipinski definition) is 11. The molecule has 0 radical (unpaired) electrons. The normalized spacial score (nSPS) is 12.4. The monoisotopic (exact) mass is 1860 g/mol. The van der Waals surface area contributed by atoms with Gasteiger partial charge in [0.15, 0.2) is 34.6 Å². The molecule has 0 amide bonds. The van der Waals surface area contributed by atoms with Crippen molar-refractivity contribution < 1.29 is 83.3 Å². The highest BCUT2D eigenvalue weighted by Gasteiger charge is 2.33. The van der Waals surface area contributed by atoms with Gasteiger partial charge in [-0.25, -0.2) is 9.18 Å². The van der Waals surface area contributed by atoms with Gasteiger partial charge in [-0.2, -0.15) is 13.2 Å². The number of carbonyl (C=O) groups is 1. The molecule has 10 aromatic rings. The Morgan fingerprint density at radius 1 is 0.373 bits per heavy atom. The predicted octanol–water partition coefficient (Wildman–Crippen LogP) is 33.0. The van der Waals surface area contributed by atoms with Crippen molar-refractivity contribution in [1.29, 1.82) is 0 Å². The molecule has 0 atom stereocenters. The Hall–Kier alpha value is -10.8. The number of carboxylic acids is 1. The van der Waals surface area contributed by atoms with Crippen molar-refractivity contribution in [2.45, 2.75) is 301 Å². The number of rotatable bonds is 15. The summed E-state index contributed by atoms with van der Waals surface area (Å²) in [6.07, 6.45) is -3.39. The van der Waals surface area contributed by atoms with Crippen LogP contribution in [0.4, 0.5) is 36.4 Å². The minimum Gasteiger partial charge on any atom is -0.497 e. The van der Waals surface area contributed by atoms with E-state index in [2.05, 4.69) is 220 Å². The van der Waals surface area contributed by atoms with Crippen LogP contribution in [-0.4, -0.2) is 79.0 Å². The maximum absolute atomic E-state index is 13.1. The van der Waals surface area contributed by atoms with Crippen molar-refractivity contribution >= 4 is 11.7 Å². The number of aryl methyl sites for hydroxylation is 1. The van der Waals surface area contributed by atoms with Crippen molar-refractivity contribution in [2.24, 2.45) is 0 Å². The first-order valence-electron chi connectivity index (χ1n) is 46.4. The smallest absolute Gasteiger partial charge is 0.497 e. The predicted molar refractivity (Wildman–Crippen MR) is 542 cm³/mol. The Morgan fingerprint density at radius 2 is 0.761 bits per heavy atom. The third-order valence-electron chi connectivity index (χ3n) is 21.8. The van der Waals surface area contributed by atoms with Gasteiger partial charge in [-0.05, 0) is 266 Å². The summed E-state index contributed by atoms with van der Waals surface area (Å²) in [6, 6.07) is 68.0. The maximum Gasteiger partial charge on any atom is 0.573 e. The third-order valence-corrected chi connectivity index (χ3v) is 21.8. The number of halogens is 7. The molecule has 2 heterocycles. The zero-order chi connectivity index (χ0) is 102. The lowest BCUT2D eigenvalue weighted by Gasteiger charge is -2.29. The molecule has 0 aromatic heterocycles. The van der Waals surface area contributed by atoms with Gasteiger partial charge in [-0.3, -0.25) is 0 Å². The van der Waals surface area contributed by atoms with Gasteiger partial charge >= 0.3 is 18.5 Å². The van der Waals surface area contributed by atoms with Crippen LogP contribution in [0, 0.1) is 5.82 Å². The molecule has 1 fully saturated rings. The molecule has 0 bridgehead atoms. The number of anilines is 1. The van der Waals surface area contributed by atoms with Crippen molar-refractivity contribution in [2.75, 3.05) is 60.3 Å². The molecule has 2 aliphatic rings. The molecule has 1 saturated heterocycles. The first kappa shape index (κ1) is 117. The molecule has 12 nitrogen and oxygen atoms in total. The van der Waals surface area contributed by atoms with Crippen LogP contribution >= 0.6 is 0 Å². The second-order valence-electron chi connectivity index (χ2n) is 40.7. The van der Waals surface area contributed by atoms with Crippen LogP contribution in [0.2, 0.25) is 0 Å². The molecule has 1 N–H and O–H groups in total. The van der Waals surface area contributed by atoms with Gasteiger partial charge < -0.3 is 52.6 Å². The number of aromatic carboxylic acids is 1. The number of fused-ring (bicyclic) bond motifs is 1. The lowest BCUT2D eigenvalue weighted by molar-refractivity contribution is -0.274. The van der Waals surface area contributed by atoms with Gasteiger partial charge in [-0.15, -0.1) is 13.2 Å². The second-order valence-corrected chi connectivity index (χ2v) is 40.7. The van der Waals surface area contributed by atoms with Gasteiger partial charge in [-0.1, -0.05) is 296 Å². The average Bonchev–Trinajstić information content (AvgIpc) is 1.15. The van der Waals surface area contributed by atoms with Gasteiger partial charge in [0.1, 0.15) is 17.2 Å². The summed E-state index contributed by atoms with van der Waals surface area (Å²) in [6.45, 7) is 64.3. The van der Waals surface area contributed by atoms with E-state index in [4.69, 9.17) is 43.0 Å². The van der Waals surface area contributed by atoms with E-state index in [1.165, 1.54) is 114 Å². The van der Waals surface area contributed by atoms with Crippen LogP contribution < -0.4 is 47.5 Å². The highest BCUT2D eigenvalue weighted by Crippen LogP contribution is 2.41. The van der Waals surface area contributed by atoms with E-state index in [1.807, 2.05) is 136 Å². The van der Waals surface area contributed by atoms with Crippen LogP contribution in [-0.2, 0) is 45.1 Å². The molecule has 12 rings (SSSR count). The minimum atomic E-state index is -4.63. The number of nitrogens with zero attached hydrogens (tertiary/aromatic N) is 1. The molecular formula is C115H158F7NO11. The molecule has 738 valence electrons. The Labute approximate surface area is 800 Å². The zero-order valence-electron chi connectivity index (χ0n) is 86.7. The van der Waals surface area contributed by atoms with Crippen LogP contribution in [0.1, 0.15) is 321 Å². The van der Waals surface area contributed by atoms with Gasteiger partial charge in [0.05, 0.1) is 52.8 Å². The molecule has 2 aliphatic heterocycles. The van der Waals surface area contributed by atoms with Crippen LogP contribution in [0.25, 0.3) is 0 Å². The van der Waals surface area contributed by atoms with Crippen molar-refractivity contribution in [1.82, 2.24) is 0 Å². The molecule has 0 spiro atoms. The fourth-order valence-electron chi connectivity index (χ4n) is 13.1. The molecule has 134 heavy (non-hydrogen) atoms. The minimum absolute atomic E-state index is 0.0804. The molecule has 0 saturated carbocycles. The summed E-state index contributed by atoms with van der Waals surface area (Å²) in [5.74, 6) is 6.57. The summed E-state index contributed by atoms with van der Waals surface area (Å²) in [5.41, 5.74) is 15.0. The first-order valence-corrected chi connectivity index (χ1v) is 46.4. The van der Waals surface area contributed by atoms with Gasteiger partial charge in [0.2, 0.25) is 12.5 Å². The van der Waals surface area contributed by atoms with E-state index >= 15 is 0 Å². The van der Waals surface area contributed by atoms with E-state index in [1.54, 1.807) is 58.8 Å². The van der Waals surface area contributed by atoms with Crippen molar-refractivity contribution in [3.8, 4) is 51.7 Å². The fourth-order valence-corrected chi connectivity index (χ4v) is 13.1. The molecule has 0 unspecified atom stereocenters.